The maximum Gasteiger partial charge on any atom is 0.306 e. The summed E-state index contributed by atoms with van der Waals surface area (Å²) < 4.78 is 41.6. The average Bonchev–Trinajstić information content (AvgIpc) is 3.14. The number of amides is 1. The zero-order valence-electron chi connectivity index (χ0n) is 26.6. The van der Waals surface area contributed by atoms with E-state index in [1.54, 1.807) is 32.2 Å². The largest absolute Gasteiger partial charge is 0.490 e. The summed E-state index contributed by atoms with van der Waals surface area (Å²) >= 11 is 6.41. The number of aryl methyl sites for hydroxylation is 1. The summed E-state index contributed by atoms with van der Waals surface area (Å²) in [5.41, 5.74) is 1.99. The van der Waals surface area contributed by atoms with Gasteiger partial charge in [0.2, 0.25) is 10.0 Å². The number of carbonyl (C=O) groups excluding carboxylic acids is 1. The minimum absolute atomic E-state index is 0.0679. The lowest BCUT2D eigenvalue weighted by molar-refractivity contribution is -0.148. The van der Waals surface area contributed by atoms with Gasteiger partial charge in [-0.1, -0.05) is 36.7 Å². The molecule has 2 aromatic rings. The van der Waals surface area contributed by atoms with Crippen LogP contribution in [0.5, 0.6) is 5.75 Å². The number of sulfonamides is 1. The molecule has 46 heavy (non-hydrogen) atoms. The van der Waals surface area contributed by atoms with Crippen molar-refractivity contribution >= 4 is 39.2 Å². The lowest BCUT2D eigenvalue weighted by Crippen LogP contribution is -2.53. The second kappa shape index (κ2) is 12.5. The van der Waals surface area contributed by atoms with Crippen LogP contribution in [0.2, 0.25) is 5.02 Å². The molecule has 2 N–H and O–H groups in total. The van der Waals surface area contributed by atoms with Crippen molar-refractivity contribution in [3.63, 3.8) is 0 Å². The van der Waals surface area contributed by atoms with Crippen LogP contribution in [0.25, 0.3) is 0 Å². The fourth-order valence-corrected chi connectivity index (χ4v) is 9.55. The van der Waals surface area contributed by atoms with Gasteiger partial charge in [0.05, 0.1) is 29.6 Å². The number of hydrogen-bond donors (Lipinski definition) is 2. The molecule has 1 saturated carbocycles. The van der Waals surface area contributed by atoms with Crippen LogP contribution < -0.4 is 14.4 Å². The predicted octanol–water partition coefficient (Wildman–Crippen LogP) is 5.74. The molecule has 1 fully saturated rings. The number of hydrogen-bond acceptors (Lipinski definition) is 7. The number of benzene rings is 2. The lowest BCUT2D eigenvalue weighted by atomic mass is 9.63. The summed E-state index contributed by atoms with van der Waals surface area (Å²) in [6, 6.07) is 11.2. The Hall–Kier alpha value is -3.08. The van der Waals surface area contributed by atoms with Gasteiger partial charge in [-0.25, -0.2) is 13.1 Å². The highest BCUT2D eigenvalue weighted by molar-refractivity contribution is 7.90. The highest BCUT2D eigenvalue weighted by atomic mass is 35.5. The number of allylic oxidation sites excluding steroid dienone is 1. The highest BCUT2D eigenvalue weighted by Gasteiger charge is 2.50. The topological polar surface area (TPSA) is 122 Å². The van der Waals surface area contributed by atoms with Gasteiger partial charge in [-0.2, -0.15) is 0 Å². The zero-order chi connectivity index (χ0) is 32.9. The Morgan fingerprint density at radius 1 is 1.20 bits per heavy atom. The molecule has 0 saturated heterocycles. The van der Waals surface area contributed by atoms with Gasteiger partial charge in [0, 0.05) is 36.2 Å². The fourth-order valence-electron chi connectivity index (χ4n) is 8.07. The van der Waals surface area contributed by atoms with Gasteiger partial charge in [0.1, 0.15) is 5.75 Å². The standard InChI is InChI=1S/C35H43ClN2O7S/c1-22-6-4-15-35(44-3,18-32(39)40)29-11-8-26(29)19-38-20-34(14-5-7-24-16-27(36)10-12-28(24)34)21-45-31-13-9-25(17-30(31)38)33(41)37-46(42,43)23(22)2/h4,9-10,12-13,15-17,22-23,26,29H,5-8,11,14,18-21H2,1-3H3,(H,37,41)(H,39,40)/b15-4-/t22-,23+,26-,29+,34-,35+/m0/s1. The molecule has 6 atom stereocenters. The molecule has 2 aliphatic heterocycles. The van der Waals surface area contributed by atoms with Crippen molar-refractivity contribution in [2.24, 2.45) is 17.8 Å². The van der Waals surface area contributed by atoms with E-state index in [0.717, 1.165) is 37.8 Å². The van der Waals surface area contributed by atoms with Gasteiger partial charge in [-0.15, -0.1) is 0 Å². The van der Waals surface area contributed by atoms with Crippen LogP contribution in [0.4, 0.5) is 5.69 Å². The van der Waals surface area contributed by atoms with Crippen LogP contribution in [0.3, 0.4) is 0 Å². The summed E-state index contributed by atoms with van der Waals surface area (Å²) in [5, 5.41) is 9.83. The fraction of sp³-hybridized carbons (Fsp3) is 0.543. The first kappa shape index (κ1) is 32.8. The van der Waals surface area contributed by atoms with Gasteiger partial charge in [0.15, 0.2) is 0 Å². The van der Waals surface area contributed by atoms with Crippen molar-refractivity contribution in [2.45, 2.75) is 75.1 Å². The molecule has 2 bridgehead atoms. The quantitative estimate of drug-likeness (QED) is 0.397. The van der Waals surface area contributed by atoms with E-state index in [9.17, 15) is 23.1 Å². The Kier molecular flexibility index (Phi) is 8.93. The van der Waals surface area contributed by atoms with Gasteiger partial charge < -0.3 is 19.5 Å². The number of carboxylic acid groups (broad SMARTS) is 1. The molecule has 2 aromatic carbocycles. The van der Waals surface area contributed by atoms with E-state index >= 15 is 0 Å². The molecule has 9 nitrogen and oxygen atoms in total. The Labute approximate surface area is 276 Å². The summed E-state index contributed by atoms with van der Waals surface area (Å²) in [4.78, 5) is 27.9. The van der Waals surface area contributed by atoms with Crippen LogP contribution in [-0.4, -0.2) is 63.1 Å². The first-order valence-corrected chi connectivity index (χ1v) is 18.1. The number of fused-ring (bicyclic) bond motifs is 4. The van der Waals surface area contributed by atoms with E-state index in [-0.39, 0.29) is 35.2 Å². The van der Waals surface area contributed by atoms with Crippen LogP contribution >= 0.6 is 11.6 Å². The molecule has 248 valence electrons. The number of carboxylic acids is 1. The van der Waals surface area contributed by atoms with Crippen molar-refractivity contribution in [3.8, 4) is 5.75 Å². The smallest absolute Gasteiger partial charge is 0.306 e. The summed E-state index contributed by atoms with van der Waals surface area (Å²) in [6.07, 6.45) is 8.42. The summed E-state index contributed by atoms with van der Waals surface area (Å²) in [7, 11) is -2.45. The third kappa shape index (κ3) is 6.04. The molecular weight excluding hydrogens is 628 g/mol. The normalized spacial score (nSPS) is 33.0. The zero-order valence-corrected chi connectivity index (χ0v) is 28.2. The van der Waals surface area contributed by atoms with E-state index in [0.29, 0.717) is 36.9 Å². The first-order chi connectivity index (χ1) is 21.9. The molecule has 1 spiro atoms. The number of rotatable bonds is 3. The van der Waals surface area contributed by atoms with Gasteiger partial charge in [-0.05, 0) is 105 Å². The second-order valence-corrected chi connectivity index (χ2v) is 16.2. The van der Waals surface area contributed by atoms with Crippen LogP contribution in [0.15, 0.2) is 48.6 Å². The van der Waals surface area contributed by atoms with Gasteiger partial charge in [0.25, 0.3) is 5.91 Å². The third-order valence-electron chi connectivity index (χ3n) is 11.0. The average molecular weight is 671 g/mol. The van der Waals surface area contributed by atoms with Crippen molar-refractivity contribution in [1.82, 2.24) is 4.72 Å². The van der Waals surface area contributed by atoms with Crippen LogP contribution in [-0.2, 0) is 31.4 Å². The maximum atomic E-state index is 13.4. The maximum absolute atomic E-state index is 13.4. The molecule has 0 radical (unpaired) electrons. The van der Waals surface area contributed by atoms with E-state index < -0.39 is 32.8 Å². The van der Waals surface area contributed by atoms with E-state index in [2.05, 4.69) is 15.7 Å². The highest BCUT2D eigenvalue weighted by Crippen LogP contribution is 2.50. The Morgan fingerprint density at radius 3 is 2.72 bits per heavy atom. The Morgan fingerprint density at radius 2 is 2.00 bits per heavy atom. The molecule has 11 heteroatoms. The molecule has 4 aliphatic rings. The van der Waals surface area contributed by atoms with E-state index in [1.165, 1.54) is 11.1 Å². The number of halogens is 1. The number of methoxy groups -OCH3 is 1. The van der Waals surface area contributed by atoms with Gasteiger partial charge in [-0.3, -0.25) is 9.59 Å². The minimum Gasteiger partial charge on any atom is -0.490 e. The molecule has 2 heterocycles. The number of ether oxygens (including phenoxy) is 2. The lowest BCUT2D eigenvalue weighted by Gasteiger charge is -2.50. The molecule has 0 aromatic heterocycles. The number of nitrogens with one attached hydrogen (secondary N) is 1. The Bertz CT molecular complexity index is 1660. The van der Waals surface area contributed by atoms with Crippen molar-refractivity contribution < 1.29 is 32.6 Å². The second-order valence-electron chi connectivity index (χ2n) is 13.8. The molecular formula is C35H43ClN2O7S. The summed E-state index contributed by atoms with van der Waals surface area (Å²) in [5.74, 6) is -1.30. The molecule has 6 rings (SSSR count). The number of aliphatic carboxylic acids is 1. The van der Waals surface area contributed by atoms with E-state index in [4.69, 9.17) is 21.1 Å². The molecule has 2 aliphatic carbocycles. The SMILES string of the molecule is CO[C@@]1(CC(=O)O)/C=C\C[C@H](C)[C@@H](C)S(=O)(=O)NC(=O)c2ccc3c(c2)N(C[C@@H]2CC[C@H]21)C[C@@]1(CCCc2cc(Cl)ccc21)CO3. The Balaban J connectivity index is 1.47. The molecule has 1 amide bonds. The number of anilines is 1. The van der Waals surface area contributed by atoms with Crippen LogP contribution in [0.1, 0.15) is 73.9 Å². The van der Waals surface area contributed by atoms with Crippen LogP contribution in [0, 0.1) is 17.8 Å². The van der Waals surface area contributed by atoms with Crippen molar-refractivity contribution in [2.75, 3.05) is 31.7 Å². The first-order valence-electron chi connectivity index (χ1n) is 16.2. The number of nitrogens with zero attached hydrogens (tertiary/aromatic N) is 1. The number of carbonyl (C=O) groups is 2. The van der Waals surface area contributed by atoms with E-state index in [1.807, 2.05) is 31.2 Å². The van der Waals surface area contributed by atoms with Crippen molar-refractivity contribution in [1.29, 1.82) is 0 Å². The van der Waals surface area contributed by atoms with Crippen molar-refractivity contribution in [3.05, 3.63) is 70.3 Å². The van der Waals surface area contributed by atoms with Gasteiger partial charge >= 0.3 is 5.97 Å². The third-order valence-corrected chi connectivity index (χ3v) is 13.2. The monoisotopic (exact) mass is 670 g/mol. The minimum atomic E-state index is -4.01. The molecule has 0 unspecified atom stereocenters. The predicted molar refractivity (Wildman–Crippen MR) is 177 cm³/mol. The summed E-state index contributed by atoms with van der Waals surface area (Å²) in [6.45, 7) is 5.05.